The summed E-state index contributed by atoms with van der Waals surface area (Å²) < 4.78 is 1.87. The van der Waals surface area contributed by atoms with E-state index in [2.05, 4.69) is 34.4 Å². The third-order valence-corrected chi connectivity index (χ3v) is 5.42. The Morgan fingerprint density at radius 3 is 2.65 bits per heavy atom. The van der Waals surface area contributed by atoms with Crippen LogP contribution in [0.2, 0.25) is 5.02 Å². The highest BCUT2D eigenvalue weighted by Crippen LogP contribution is 2.23. The van der Waals surface area contributed by atoms with Crippen LogP contribution in [0.5, 0.6) is 0 Å². The van der Waals surface area contributed by atoms with Gasteiger partial charge < -0.3 is 4.98 Å². The molecule has 4 aromatic rings. The molecule has 1 N–H and O–H groups in total. The van der Waals surface area contributed by atoms with Gasteiger partial charge in [0.25, 0.3) is 0 Å². The quantitative estimate of drug-likeness (QED) is 0.482. The second kappa shape index (κ2) is 6.94. The summed E-state index contributed by atoms with van der Waals surface area (Å²) in [5.41, 5.74) is 5.33. The fourth-order valence-corrected chi connectivity index (χ4v) is 3.89. The number of halogens is 1. The van der Waals surface area contributed by atoms with Gasteiger partial charge in [-0.3, -0.25) is 4.99 Å². The molecule has 26 heavy (non-hydrogen) atoms. The summed E-state index contributed by atoms with van der Waals surface area (Å²) in [5, 5.41) is 8.68. The van der Waals surface area contributed by atoms with Crippen LogP contribution in [-0.4, -0.2) is 22.9 Å². The smallest absolute Gasteiger partial charge is 0.205 e. The van der Waals surface area contributed by atoms with Gasteiger partial charge in [0.1, 0.15) is 0 Å². The Morgan fingerprint density at radius 2 is 1.88 bits per heavy atom. The Kier molecular flexibility index (Phi) is 4.49. The summed E-state index contributed by atoms with van der Waals surface area (Å²) in [7, 11) is 1.78. The van der Waals surface area contributed by atoms with Gasteiger partial charge in [-0.05, 0) is 25.1 Å². The second-order valence-corrected chi connectivity index (χ2v) is 7.17. The SMILES string of the molecule is CN=c1scc(-c2ccc(Cl)cc2)n1N=Cc1c(C)[nH]c2ccccc12. The van der Waals surface area contributed by atoms with Gasteiger partial charge in [0.15, 0.2) is 0 Å². The van der Waals surface area contributed by atoms with E-state index in [0.717, 1.165) is 38.2 Å². The zero-order valence-electron chi connectivity index (χ0n) is 14.4. The first kappa shape index (κ1) is 16.8. The number of hydrogen-bond donors (Lipinski definition) is 1. The van der Waals surface area contributed by atoms with Crippen LogP contribution in [-0.2, 0) is 0 Å². The zero-order valence-corrected chi connectivity index (χ0v) is 16.0. The fraction of sp³-hybridized carbons (Fsp3) is 0.100. The number of thiazole rings is 1. The number of aromatic nitrogens is 2. The van der Waals surface area contributed by atoms with E-state index in [4.69, 9.17) is 16.7 Å². The molecule has 0 saturated heterocycles. The van der Waals surface area contributed by atoms with Crippen molar-refractivity contribution >= 4 is 40.1 Å². The van der Waals surface area contributed by atoms with E-state index >= 15 is 0 Å². The van der Waals surface area contributed by atoms with Crippen LogP contribution in [0.3, 0.4) is 0 Å². The number of rotatable bonds is 3. The molecule has 130 valence electrons. The highest BCUT2D eigenvalue weighted by atomic mass is 35.5. The lowest BCUT2D eigenvalue weighted by molar-refractivity contribution is 0.848. The topological polar surface area (TPSA) is 45.4 Å². The van der Waals surface area contributed by atoms with Gasteiger partial charge in [0, 0.05) is 45.2 Å². The molecule has 4 nitrogen and oxygen atoms in total. The third kappa shape index (κ3) is 3.00. The number of nitrogens with zero attached hydrogens (tertiary/aromatic N) is 3. The summed E-state index contributed by atoms with van der Waals surface area (Å²) in [6, 6.07) is 16.0. The maximum absolute atomic E-state index is 6.02. The summed E-state index contributed by atoms with van der Waals surface area (Å²) in [5.74, 6) is 0. The molecule has 2 aromatic heterocycles. The molecule has 0 unspecified atom stereocenters. The normalized spacial score (nSPS) is 12.5. The molecule has 0 saturated carbocycles. The van der Waals surface area contributed by atoms with Crippen LogP contribution in [0.1, 0.15) is 11.3 Å². The monoisotopic (exact) mass is 380 g/mol. The van der Waals surface area contributed by atoms with Crippen LogP contribution in [0.4, 0.5) is 0 Å². The lowest BCUT2D eigenvalue weighted by Crippen LogP contribution is -2.11. The number of nitrogens with one attached hydrogen (secondary N) is 1. The second-order valence-electron chi connectivity index (χ2n) is 5.90. The number of aromatic amines is 1. The maximum Gasteiger partial charge on any atom is 0.205 e. The van der Waals surface area contributed by atoms with Crippen molar-refractivity contribution in [1.29, 1.82) is 0 Å². The maximum atomic E-state index is 6.02. The van der Waals surface area contributed by atoms with E-state index in [0.29, 0.717) is 5.02 Å². The number of benzene rings is 2. The average Bonchev–Trinajstić information content (AvgIpc) is 3.20. The molecule has 0 bridgehead atoms. The Labute approximate surface area is 160 Å². The minimum atomic E-state index is 0.717. The average molecular weight is 381 g/mol. The highest BCUT2D eigenvalue weighted by molar-refractivity contribution is 7.07. The van der Waals surface area contributed by atoms with Gasteiger partial charge in [-0.1, -0.05) is 41.9 Å². The van der Waals surface area contributed by atoms with Crippen molar-refractivity contribution in [3.8, 4) is 11.3 Å². The van der Waals surface area contributed by atoms with E-state index in [1.165, 1.54) is 0 Å². The first-order valence-corrected chi connectivity index (χ1v) is 9.44. The summed E-state index contributed by atoms with van der Waals surface area (Å²) >= 11 is 7.58. The van der Waals surface area contributed by atoms with Crippen LogP contribution < -0.4 is 4.80 Å². The van der Waals surface area contributed by atoms with Crippen LogP contribution in [0.15, 0.2) is 64.0 Å². The van der Waals surface area contributed by atoms with E-state index in [1.54, 1.807) is 18.4 Å². The van der Waals surface area contributed by atoms with Gasteiger partial charge in [-0.25, -0.2) is 4.68 Å². The van der Waals surface area contributed by atoms with Gasteiger partial charge >= 0.3 is 0 Å². The molecular formula is C20H17ClN4S. The summed E-state index contributed by atoms with van der Waals surface area (Å²) in [6.07, 6.45) is 1.90. The lowest BCUT2D eigenvalue weighted by atomic mass is 10.1. The first-order chi connectivity index (χ1) is 12.7. The zero-order chi connectivity index (χ0) is 18.1. The highest BCUT2D eigenvalue weighted by Gasteiger charge is 2.09. The van der Waals surface area contributed by atoms with Crippen LogP contribution >= 0.6 is 22.9 Å². The van der Waals surface area contributed by atoms with Crippen LogP contribution in [0, 0.1) is 6.92 Å². The largest absolute Gasteiger partial charge is 0.358 e. The summed E-state index contributed by atoms with van der Waals surface area (Å²) in [6.45, 7) is 2.06. The molecule has 2 heterocycles. The molecule has 4 rings (SSSR count). The molecule has 0 spiro atoms. The molecular weight excluding hydrogens is 364 g/mol. The van der Waals surface area contributed by atoms with Crippen molar-refractivity contribution in [2.45, 2.75) is 6.92 Å². The Hall–Kier alpha value is -2.63. The molecule has 6 heteroatoms. The molecule has 0 atom stereocenters. The third-order valence-electron chi connectivity index (χ3n) is 4.26. The first-order valence-electron chi connectivity index (χ1n) is 8.18. The van der Waals surface area contributed by atoms with Crippen molar-refractivity contribution in [3.05, 3.63) is 75.0 Å². The van der Waals surface area contributed by atoms with E-state index in [9.17, 15) is 0 Å². The standard InChI is InChI=1S/C20H17ClN4S/c1-13-17(16-5-3-4-6-18(16)24-13)11-23-25-19(12-26-20(25)22-2)14-7-9-15(21)10-8-14/h3-12,24H,1-2H3. The Morgan fingerprint density at radius 1 is 1.12 bits per heavy atom. The van der Waals surface area contributed by atoms with Gasteiger partial charge in [0.05, 0.1) is 11.9 Å². The van der Waals surface area contributed by atoms with E-state index in [1.807, 2.05) is 47.3 Å². The number of fused-ring (bicyclic) bond motifs is 1. The molecule has 0 aliphatic heterocycles. The van der Waals surface area contributed by atoms with E-state index in [-0.39, 0.29) is 0 Å². The predicted molar refractivity (Wildman–Crippen MR) is 110 cm³/mol. The minimum Gasteiger partial charge on any atom is -0.358 e. The van der Waals surface area contributed by atoms with Crippen molar-refractivity contribution in [2.24, 2.45) is 10.1 Å². The number of hydrogen-bond acceptors (Lipinski definition) is 3. The van der Waals surface area contributed by atoms with Gasteiger partial charge in [0.2, 0.25) is 4.80 Å². The van der Waals surface area contributed by atoms with E-state index < -0.39 is 0 Å². The lowest BCUT2D eigenvalue weighted by Gasteiger charge is -2.03. The van der Waals surface area contributed by atoms with Gasteiger partial charge in [-0.15, -0.1) is 11.3 Å². The molecule has 0 fully saturated rings. The van der Waals surface area contributed by atoms with Crippen LogP contribution in [0.25, 0.3) is 22.2 Å². The minimum absolute atomic E-state index is 0.717. The molecule has 0 amide bonds. The Balaban J connectivity index is 1.83. The molecule has 0 aliphatic carbocycles. The number of para-hydroxylation sites is 1. The van der Waals surface area contributed by atoms with Crippen molar-refractivity contribution in [1.82, 2.24) is 9.66 Å². The fourth-order valence-electron chi connectivity index (χ4n) is 2.96. The number of aryl methyl sites for hydroxylation is 1. The Bertz CT molecular complexity index is 1160. The van der Waals surface area contributed by atoms with Crippen molar-refractivity contribution < 1.29 is 0 Å². The predicted octanol–water partition coefficient (Wildman–Crippen LogP) is 5.07. The summed E-state index contributed by atoms with van der Waals surface area (Å²) in [4.78, 5) is 8.59. The molecule has 0 aliphatic rings. The van der Waals surface area contributed by atoms with Crippen molar-refractivity contribution in [3.63, 3.8) is 0 Å². The van der Waals surface area contributed by atoms with Gasteiger partial charge in [-0.2, -0.15) is 5.10 Å². The van der Waals surface area contributed by atoms with Crippen molar-refractivity contribution in [2.75, 3.05) is 7.05 Å². The number of H-pyrrole nitrogens is 1. The molecule has 0 radical (unpaired) electrons. The molecule has 2 aromatic carbocycles.